The van der Waals surface area contributed by atoms with Crippen LogP contribution in [0.2, 0.25) is 0 Å². The van der Waals surface area contributed by atoms with Crippen molar-refractivity contribution in [3.8, 4) is 11.4 Å². The number of aliphatic imine (C=N–C) groups is 1. The summed E-state index contributed by atoms with van der Waals surface area (Å²) < 4.78 is 0. The number of aromatic nitrogens is 2. The Balaban J connectivity index is 2.13. The molecule has 0 aliphatic heterocycles. The van der Waals surface area contributed by atoms with Crippen molar-refractivity contribution in [2.24, 2.45) is 4.99 Å². The van der Waals surface area contributed by atoms with Crippen LogP contribution in [0.1, 0.15) is 5.56 Å². The minimum atomic E-state index is 0.573. The fourth-order valence-corrected chi connectivity index (χ4v) is 2.04. The molecule has 3 rings (SSSR count). The second kappa shape index (κ2) is 4.52. The zero-order chi connectivity index (χ0) is 13.2. The Morgan fingerprint density at radius 3 is 2.95 bits per heavy atom. The fourth-order valence-electron chi connectivity index (χ4n) is 2.04. The van der Waals surface area contributed by atoms with E-state index in [-0.39, 0.29) is 0 Å². The van der Waals surface area contributed by atoms with Gasteiger partial charge in [0.2, 0.25) is 6.08 Å². The molecule has 1 N–H and O–H groups in total. The average molecular weight is 249 g/mol. The van der Waals surface area contributed by atoms with Gasteiger partial charge >= 0.3 is 0 Å². The van der Waals surface area contributed by atoms with Gasteiger partial charge in [-0.15, -0.1) is 0 Å². The van der Waals surface area contributed by atoms with Crippen molar-refractivity contribution in [1.29, 1.82) is 0 Å². The number of aryl methyl sites for hydroxylation is 1. The number of hydrogen-bond donors (Lipinski definition) is 1. The molecule has 1 aromatic heterocycles. The molecule has 4 heteroatoms. The molecule has 1 heterocycles. The van der Waals surface area contributed by atoms with E-state index in [4.69, 9.17) is 0 Å². The second-order valence-electron chi connectivity index (χ2n) is 4.36. The molecule has 0 aliphatic rings. The van der Waals surface area contributed by atoms with E-state index in [0.717, 1.165) is 22.4 Å². The molecule has 0 bridgehead atoms. The number of benzene rings is 2. The molecule has 0 saturated heterocycles. The molecule has 0 fully saturated rings. The van der Waals surface area contributed by atoms with Gasteiger partial charge < -0.3 is 4.98 Å². The number of nitrogens with one attached hydrogen (secondary N) is 1. The van der Waals surface area contributed by atoms with Crippen molar-refractivity contribution in [1.82, 2.24) is 9.97 Å². The summed E-state index contributed by atoms with van der Waals surface area (Å²) in [6.45, 7) is 2.04. The maximum absolute atomic E-state index is 10.3. The standard InChI is InChI=1S/C15H11N3O/c1-10-5-6-13-14(7-10)18-15(17-13)11-3-2-4-12(8-11)16-9-19/h2-8H,1H3,(H,17,18). The zero-order valence-electron chi connectivity index (χ0n) is 10.3. The number of fused-ring (bicyclic) bond motifs is 1. The second-order valence-corrected chi connectivity index (χ2v) is 4.36. The number of hydrogen-bond acceptors (Lipinski definition) is 3. The highest BCUT2D eigenvalue weighted by atomic mass is 16.1. The Hall–Kier alpha value is -2.71. The molecule has 0 radical (unpaired) electrons. The fraction of sp³-hybridized carbons (Fsp3) is 0.0667. The molecule has 4 nitrogen and oxygen atoms in total. The first-order chi connectivity index (χ1) is 9.26. The van der Waals surface area contributed by atoms with Crippen LogP contribution in [-0.2, 0) is 4.79 Å². The van der Waals surface area contributed by atoms with Crippen LogP contribution >= 0.6 is 0 Å². The van der Waals surface area contributed by atoms with Crippen LogP contribution in [0.25, 0.3) is 22.4 Å². The number of rotatable bonds is 2. The molecule has 0 unspecified atom stereocenters. The van der Waals surface area contributed by atoms with Crippen molar-refractivity contribution in [3.63, 3.8) is 0 Å². The number of nitrogens with zero attached hydrogens (tertiary/aromatic N) is 2. The summed E-state index contributed by atoms with van der Waals surface area (Å²) in [5, 5.41) is 0. The van der Waals surface area contributed by atoms with Gasteiger partial charge in [-0.05, 0) is 36.8 Å². The van der Waals surface area contributed by atoms with E-state index < -0.39 is 0 Å². The number of aromatic amines is 1. The monoisotopic (exact) mass is 249 g/mol. The molecular formula is C15H11N3O. The van der Waals surface area contributed by atoms with Crippen LogP contribution in [0.5, 0.6) is 0 Å². The van der Waals surface area contributed by atoms with E-state index in [9.17, 15) is 4.79 Å². The SMILES string of the molecule is Cc1ccc2nc(-c3cccc(N=C=O)c3)[nH]c2c1. The number of imidazole rings is 1. The topological polar surface area (TPSA) is 58.1 Å². The van der Waals surface area contributed by atoms with Crippen LogP contribution in [-0.4, -0.2) is 16.0 Å². The van der Waals surface area contributed by atoms with E-state index in [1.807, 2.05) is 31.2 Å². The van der Waals surface area contributed by atoms with Crippen LogP contribution in [0.4, 0.5) is 5.69 Å². The summed E-state index contributed by atoms with van der Waals surface area (Å²) in [4.78, 5) is 21.7. The van der Waals surface area contributed by atoms with Gasteiger partial charge in [0, 0.05) is 5.56 Å². The summed E-state index contributed by atoms with van der Waals surface area (Å²) in [7, 11) is 0. The van der Waals surface area contributed by atoms with Crippen molar-refractivity contribution in [2.45, 2.75) is 6.92 Å². The third-order valence-corrected chi connectivity index (χ3v) is 2.93. The Labute approximate surface area is 109 Å². The molecule has 0 amide bonds. The van der Waals surface area contributed by atoms with Crippen LogP contribution in [0, 0.1) is 6.92 Å². The minimum Gasteiger partial charge on any atom is -0.338 e. The average Bonchev–Trinajstić information content (AvgIpc) is 2.82. The maximum atomic E-state index is 10.3. The lowest BCUT2D eigenvalue weighted by molar-refractivity contribution is 0.565. The smallest absolute Gasteiger partial charge is 0.240 e. The van der Waals surface area contributed by atoms with E-state index >= 15 is 0 Å². The predicted molar refractivity (Wildman–Crippen MR) is 74.0 cm³/mol. The van der Waals surface area contributed by atoms with Gasteiger partial charge in [-0.25, -0.2) is 9.78 Å². The Bertz CT molecular complexity index is 798. The van der Waals surface area contributed by atoms with E-state index in [1.54, 1.807) is 18.2 Å². The summed E-state index contributed by atoms with van der Waals surface area (Å²) >= 11 is 0. The van der Waals surface area contributed by atoms with Gasteiger partial charge in [0.25, 0.3) is 0 Å². The molecule has 2 aromatic carbocycles. The maximum Gasteiger partial charge on any atom is 0.240 e. The first-order valence-corrected chi connectivity index (χ1v) is 5.91. The summed E-state index contributed by atoms with van der Waals surface area (Å²) in [5.74, 6) is 0.767. The molecule has 0 spiro atoms. The van der Waals surface area contributed by atoms with Crippen LogP contribution in [0.3, 0.4) is 0 Å². The molecule has 0 saturated carbocycles. The van der Waals surface area contributed by atoms with Gasteiger partial charge in [-0.1, -0.05) is 18.2 Å². The highest BCUT2D eigenvalue weighted by molar-refractivity contribution is 5.80. The summed E-state index contributed by atoms with van der Waals surface area (Å²) in [5.41, 5.74) is 4.57. The van der Waals surface area contributed by atoms with Crippen molar-refractivity contribution in [2.75, 3.05) is 0 Å². The first kappa shape index (κ1) is 11.4. The summed E-state index contributed by atoms with van der Waals surface area (Å²) in [6, 6.07) is 13.4. The Kier molecular flexibility index (Phi) is 2.71. The van der Waals surface area contributed by atoms with E-state index in [1.165, 1.54) is 5.56 Å². The van der Waals surface area contributed by atoms with Crippen molar-refractivity contribution in [3.05, 3.63) is 48.0 Å². The summed E-state index contributed by atoms with van der Waals surface area (Å²) in [6.07, 6.45) is 1.54. The van der Waals surface area contributed by atoms with Crippen LogP contribution < -0.4 is 0 Å². The third-order valence-electron chi connectivity index (χ3n) is 2.93. The van der Waals surface area contributed by atoms with Crippen LogP contribution in [0.15, 0.2) is 47.5 Å². The van der Waals surface area contributed by atoms with Crippen molar-refractivity contribution >= 4 is 22.8 Å². The normalized spacial score (nSPS) is 10.4. The molecule has 92 valence electrons. The van der Waals surface area contributed by atoms with E-state index in [2.05, 4.69) is 21.0 Å². The molecule has 0 atom stereocenters. The number of isocyanates is 1. The molecule has 3 aromatic rings. The minimum absolute atomic E-state index is 0.573. The third kappa shape index (κ3) is 2.17. The molecule has 19 heavy (non-hydrogen) atoms. The van der Waals surface area contributed by atoms with E-state index in [0.29, 0.717) is 5.69 Å². The quantitative estimate of drug-likeness (QED) is 0.558. The highest BCUT2D eigenvalue weighted by Gasteiger charge is 2.05. The van der Waals surface area contributed by atoms with Crippen molar-refractivity contribution < 1.29 is 4.79 Å². The lowest BCUT2D eigenvalue weighted by Crippen LogP contribution is -1.79. The van der Waals surface area contributed by atoms with Gasteiger partial charge in [-0.3, -0.25) is 0 Å². The first-order valence-electron chi connectivity index (χ1n) is 5.91. The van der Waals surface area contributed by atoms with Gasteiger partial charge in [0.15, 0.2) is 0 Å². The Morgan fingerprint density at radius 2 is 2.11 bits per heavy atom. The van der Waals surface area contributed by atoms with Gasteiger partial charge in [0.05, 0.1) is 16.7 Å². The molecular weight excluding hydrogens is 238 g/mol. The highest BCUT2D eigenvalue weighted by Crippen LogP contribution is 2.24. The predicted octanol–water partition coefficient (Wildman–Crippen LogP) is 3.51. The lowest BCUT2D eigenvalue weighted by Gasteiger charge is -1.96. The van der Waals surface area contributed by atoms with Gasteiger partial charge in [-0.2, -0.15) is 4.99 Å². The zero-order valence-corrected chi connectivity index (χ0v) is 10.3. The largest absolute Gasteiger partial charge is 0.338 e. The lowest BCUT2D eigenvalue weighted by atomic mass is 10.2. The molecule has 0 aliphatic carbocycles. The number of carbonyl (C=O) groups excluding carboxylic acids is 1. The number of H-pyrrole nitrogens is 1. The Morgan fingerprint density at radius 1 is 1.21 bits per heavy atom. The van der Waals surface area contributed by atoms with Gasteiger partial charge in [0.1, 0.15) is 5.82 Å².